The second-order valence-corrected chi connectivity index (χ2v) is 4.97. The lowest BCUT2D eigenvalue weighted by Gasteiger charge is -2.15. The van der Waals surface area contributed by atoms with Gasteiger partial charge >= 0.3 is 0 Å². The van der Waals surface area contributed by atoms with E-state index in [4.69, 9.17) is 4.74 Å². The molecule has 0 unspecified atom stereocenters. The summed E-state index contributed by atoms with van der Waals surface area (Å²) in [6.45, 7) is 9.21. The minimum Gasteiger partial charge on any atom is -0.382 e. The van der Waals surface area contributed by atoms with Gasteiger partial charge in [-0.15, -0.1) is 0 Å². The fourth-order valence-corrected chi connectivity index (χ4v) is 2.47. The largest absolute Gasteiger partial charge is 0.382 e. The molecule has 108 valence electrons. The molecule has 0 aromatic carbocycles. The molecule has 1 N–H and O–H groups in total. The summed E-state index contributed by atoms with van der Waals surface area (Å²) in [5.41, 5.74) is 0. The minimum absolute atomic E-state index is 0.796. The highest BCUT2D eigenvalue weighted by Gasteiger charge is 2.10. The van der Waals surface area contributed by atoms with Crippen molar-refractivity contribution in [3.8, 4) is 0 Å². The average molecular weight is 266 g/mol. The first kappa shape index (κ1) is 14.3. The molecular formula is C14H26N4O. The molecule has 0 atom stereocenters. The summed E-state index contributed by atoms with van der Waals surface area (Å²) in [6, 6.07) is 0. The van der Waals surface area contributed by atoms with Crippen LogP contribution in [0.25, 0.3) is 0 Å². The van der Waals surface area contributed by atoms with Crippen LogP contribution in [0.3, 0.4) is 0 Å². The highest BCUT2D eigenvalue weighted by Crippen LogP contribution is 2.08. The van der Waals surface area contributed by atoms with Crippen molar-refractivity contribution in [1.82, 2.24) is 14.5 Å². The molecule has 2 rings (SSSR count). The van der Waals surface area contributed by atoms with Gasteiger partial charge < -0.3 is 19.5 Å². The van der Waals surface area contributed by atoms with E-state index in [1.165, 1.54) is 25.9 Å². The first-order valence-corrected chi connectivity index (χ1v) is 7.45. The summed E-state index contributed by atoms with van der Waals surface area (Å²) in [6.07, 6.45) is 7.63. The third-order valence-electron chi connectivity index (χ3n) is 3.52. The van der Waals surface area contributed by atoms with Crippen LogP contribution in [0.4, 0.5) is 5.95 Å². The Hall–Kier alpha value is -1.07. The van der Waals surface area contributed by atoms with Gasteiger partial charge in [-0.05, 0) is 39.3 Å². The van der Waals surface area contributed by atoms with Crippen molar-refractivity contribution < 1.29 is 4.74 Å². The summed E-state index contributed by atoms with van der Waals surface area (Å²) in [5.74, 6) is 0.982. The molecule has 5 heteroatoms. The average Bonchev–Trinajstić information content (AvgIpc) is 3.07. The maximum atomic E-state index is 5.36. The van der Waals surface area contributed by atoms with Gasteiger partial charge in [-0.1, -0.05) is 0 Å². The summed E-state index contributed by atoms with van der Waals surface area (Å²) in [5, 5.41) is 3.43. The molecular weight excluding hydrogens is 240 g/mol. The molecule has 1 fully saturated rings. The molecule has 0 spiro atoms. The number of nitrogens with one attached hydrogen (secondary N) is 1. The van der Waals surface area contributed by atoms with E-state index in [2.05, 4.69) is 19.8 Å². The number of likely N-dealkylation sites (tertiary alicyclic amines) is 1. The first-order valence-electron chi connectivity index (χ1n) is 7.45. The highest BCUT2D eigenvalue weighted by molar-refractivity contribution is 5.25. The van der Waals surface area contributed by atoms with Crippen LogP contribution >= 0.6 is 0 Å². The summed E-state index contributed by atoms with van der Waals surface area (Å²) in [4.78, 5) is 6.88. The lowest BCUT2D eigenvalue weighted by Crippen LogP contribution is -2.26. The topological polar surface area (TPSA) is 42.3 Å². The first-order chi connectivity index (χ1) is 9.40. The lowest BCUT2D eigenvalue weighted by atomic mass is 10.4. The van der Waals surface area contributed by atoms with Crippen molar-refractivity contribution in [3.05, 3.63) is 12.4 Å². The molecule has 1 aromatic rings. The molecule has 0 radical (unpaired) electrons. The summed E-state index contributed by atoms with van der Waals surface area (Å²) in [7, 11) is 0. The van der Waals surface area contributed by atoms with Crippen LogP contribution in [-0.2, 0) is 11.3 Å². The molecule has 0 aliphatic carbocycles. The second-order valence-electron chi connectivity index (χ2n) is 4.97. The third-order valence-corrected chi connectivity index (χ3v) is 3.52. The maximum Gasteiger partial charge on any atom is 0.202 e. The molecule has 19 heavy (non-hydrogen) atoms. The van der Waals surface area contributed by atoms with Gasteiger partial charge in [-0.3, -0.25) is 0 Å². The fourth-order valence-electron chi connectivity index (χ4n) is 2.47. The number of aryl methyl sites for hydroxylation is 1. The van der Waals surface area contributed by atoms with E-state index in [0.717, 1.165) is 45.2 Å². The number of hydrogen-bond acceptors (Lipinski definition) is 4. The Morgan fingerprint density at radius 3 is 2.95 bits per heavy atom. The van der Waals surface area contributed by atoms with Crippen LogP contribution in [0.1, 0.15) is 26.2 Å². The number of ether oxygens (including phenoxy) is 1. The number of aromatic nitrogens is 2. The van der Waals surface area contributed by atoms with Crippen molar-refractivity contribution >= 4 is 5.95 Å². The molecule has 1 aromatic heterocycles. The number of rotatable bonds is 9. The molecule has 0 saturated carbocycles. The Balaban J connectivity index is 1.66. The van der Waals surface area contributed by atoms with Crippen molar-refractivity contribution in [2.24, 2.45) is 0 Å². The van der Waals surface area contributed by atoms with Gasteiger partial charge in [0.05, 0.1) is 0 Å². The zero-order valence-electron chi connectivity index (χ0n) is 12.0. The Morgan fingerprint density at radius 1 is 1.32 bits per heavy atom. The maximum absolute atomic E-state index is 5.36. The van der Waals surface area contributed by atoms with Gasteiger partial charge in [0, 0.05) is 45.2 Å². The van der Waals surface area contributed by atoms with Gasteiger partial charge in [-0.2, -0.15) is 0 Å². The van der Waals surface area contributed by atoms with Crippen molar-refractivity contribution in [1.29, 1.82) is 0 Å². The Labute approximate surface area is 116 Å². The molecule has 2 heterocycles. The minimum atomic E-state index is 0.796. The number of imidazole rings is 1. The van der Waals surface area contributed by atoms with Crippen molar-refractivity contribution in [2.45, 2.75) is 32.7 Å². The summed E-state index contributed by atoms with van der Waals surface area (Å²) >= 11 is 0. The van der Waals surface area contributed by atoms with E-state index >= 15 is 0 Å². The van der Waals surface area contributed by atoms with Crippen molar-refractivity contribution in [2.75, 3.05) is 44.7 Å². The molecule has 0 amide bonds. The van der Waals surface area contributed by atoms with Crippen molar-refractivity contribution in [3.63, 3.8) is 0 Å². The summed E-state index contributed by atoms with van der Waals surface area (Å²) < 4.78 is 7.53. The Kier molecular flexibility index (Phi) is 6.17. The zero-order chi connectivity index (χ0) is 13.3. The highest BCUT2D eigenvalue weighted by atomic mass is 16.5. The third kappa shape index (κ3) is 4.84. The standard InChI is InChI=1S/C14H26N4O/c1-2-19-13-5-10-18-12-7-16-14(18)15-6-11-17-8-3-4-9-17/h7,12H,2-6,8-11,13H2,1H3,(H,15,16). The van der Waals surface area contributed by atoms with Gasteiger partial charge in [-0.25, -0.2) is 4.98 Å². The SMILES string of the molecule is CCOCCCn1ccnc1NCCN1CCCC1. The van der Waals surface area contributed by atoms with Gasteiger partial charge in [0.25, 0.3) is 0 Å². The van der Waals surface area contributed by atoms with E-state index in [9.17, 15) is 0 Å². The number of hydrogen-bond donors (Lipinski definition) is 1. The Morgan fingerprint density at radius 2 is 2.16 bits per heavy atom. The molecule has 1 saturated heterocycles. The molecule has 0 bridgehead atoms. The fraction of sp³-hybridized carbons (Fsp3) is 0.786. The smallest absolute Gasteiger partial charge is 0.202 e. The predicted octanol–water partition coefficient (Wildman–Crippen LogP) is 1.82. The molecule has 5 nitrogen and oxygen atoms in total. The quantitative estimate of drug-likeness (QED) is 0.692. The monoisotopic (exact) mass is 266 g/mol. The van der Waals surface area contributed by atoms with E-state index < -0.39 is 0 Å². The van der Waals surface area contributed by atoms with E-state index in [0.29, 0.717) is 0 Å². The lowest BCUT2D eigenvalue weighted by molar-refractivity contribution is 0.142. The van der Waals surface area contributed by atoms with Gasteiger partial charge in [0.15, 0.2) is 0 Å². The Bertz CT molecular complexity index is 347. The van der Waals surface area contributed by atoms with Crippen LogP contribution in [0.15, 0.2) is 12.4 Å². The van der Waals surface area contributed by atoms with Crippen LogP contribution in [0.5, 0.6) is 0 Å². The van der Waals surface area contributed by atoms with E-state index in [-0.39, 0.29) is 0 Å². The predicted molar refractivity (Wildman–Crippen MR) is 77.5 cm³/mol. The second kappa shape index (κ2) is 8.17. The van der Waals surface area contributed by atoms with Crippen LogP contribution in [0, 0.1) is 0 Å². The normalized spacial score (nSPS) is 16.1. The molecule has 1 aliphatic heterocycles. The van der Waals surface area contributed by atoms with Gasteiger partial charge in [0.2, 0.25) is 5.95 Å². The van der Waals surface area contributed by atoms with Crippen LogP contribution in [-0.4, -0.2) is 53.8 Å². The zero-order valence-corrected chi connectivity index (χ0v) is 12.0. The number of nitrogens with zero attached hydrogens (tertiary/aromatic N) is 3. The van der Waals surface area contributed by atoms with E-state index in [1.807, 2.05) is 19.3 Å². The van der Waals surface area contributed by atoms with Crippen LogP contribution < -0.4 is 5.32 Å². The van der Waals surface area contributed by atoms with E-state index in [1.54, 1.807) is 0 Å². The number of anilines is 1. The van der Waals surface area contributed by atoms with Crippen LogP contribution in [0.2, 0.25) is 0 Å². The molecule has 1 aliphatic rings. The van der Waals surface area contributed by atoms with Gasteiger partial charge in [0.1, 0.15) is 0 Å².